The number of anilines is 1. The molecule has 1 saturated heterocycles. The lowest BCUT2D eigenvalue weighted by Gasteiger charge is -2.41. The minimum atomic E-state index is -1.18. The monoisotopic (exact) mass is 635 g/mol. The summed E-state index contributed by atoms with van der Waals surface area (Å²) in [5.74, 6) is -2.46. The normalized spacial score (nSPS) is 17.5. The lowest BCUT2D eigenvalue weighted by molar-refractivity contribution is -0.160. The van der Waals surface area contributed by atoms with Gasteiger partial charge in [-0.1, -0.05) is 32.0 Å². The van der Waals surface area contributed by atoms with Crippen LogP contribution >= 0.6 is 0 Å². The Hall–Kier alpha value is -3.56. The number of aromatic nitrogens is 1. The third kappa shape index (κ3) is 7.05. The number of hydrogen-bond donors (Lipinski definition) is 1. The van der Waals surface area contributed by atoms with Gasteiger partial charge in [0.1, 0.15) is 5.75 Å². The highest BCUT2D eigenvalue weighted by atomic mass is 19.2. The molecule has 2 aliphatic rings. The molecule has 0 unspecified atom stereocenters. The number of halogens is 2. The molecule has 2 aromatic carbocycles. The number of nitrogens with zero attached hydrogens (tertiary/aromatic N) is 3. The van der Waals surface area contributed by atoms with Crippen LogP contribution in [-0.4, -0.2) is 53.3 Å². The number of fused-ring (bicyclic) bond motifs is 1. The van der Waals surface area contributed by atoms with E-state index in [2.05, 4.69) is 41.8 Å². The first-order valence-electron chi connectivity index (χ1n) is 16.1. The number of pyridine rings is 1. The number of benzene rings is 2. The van der Waals surface area contributed by atoms with Crippen molar-refractivity contribution in [2.75, 3.05) is 31.6 Å². The molecule has 3 heterocycles. The van der Waals surface area contributed by atoms with Gasteiger partial charge in [0.15, 0.2) is 17.7 Å². The van der Waals surface area contributed by atoms with Gasteiger partial charge < -0.3 is 19.5 Å². The Morgan fingerprint density at radius 2 is 1.74 bits per heavy atom. The highest BCUT2D eigenvalue weighted by Crippen LogP contribution is 2.45. The van der Waals surface area contributed by atoms with Gasteiger partial charge in [0.25, 0.3) is 0 Å². The van der Waals surface area contributed by atoms with E-state index < -0.39 is 29.3 Å². The Morgan fingerprint density at radius 3 is 2.37 bits per heavy atom. The van der Waals surface area contributed by atoms with Crippen molar-refractivity contribution >= 4 is 11.7 Å². The van der Waals surface area contributed by atoms with Crippen molar-refractivity contribution in [3.63, 3.8) is 0 Å². The SMILES string of the molecule is COc1ccc(F)c(F)c1CN1CCc2cc(-c3c(C)nc(C)c([C@H](OC(C)(C)C)C(=O)O)c3N3CCC(C)(C)CC3)ccc2C1. The summed E-state index contributed by atoms with van der Waals surface area (Å²) in [6.07, 6.45) is 1.52. The molecule has 1 aromatic heterocycles. The van der Waals surface area contributed by atoms with Gasteiger partial charge in [-0.15, -0.1) is 0 Å². The zero-order valence-electron chi connectivity index (χ0n) is 28.4. The van der Waals surface area contributed by atoms with Gasteiger partial charge in [-0.3, -0.25) is 9.88 Å². The molecule has 1 atom stereocenters. The van der Waals surface area contributed by atoms with Crippen LogP contribution in [0, 0.1) is 30.9 Å². The summed E-state index contributed by atoms with van der Waals surface area (Å²) in [7, 11) is 1.46. The molecule has 2 aliphatic heterocycles. The number of rotatable bonds is 8. The maximum Gasteiger partial charge on any atom is 0.337 e. The summed E-state index contributed by atoms with van der Waals surface area (Å²) >= 11 is 0. The molecule has 5 rings (SSSR count). The lowest BCUT2D eigenvalue weighted by Crippen LogP contribution is -2.39. The number of methoxy groups -OCH3 is 1. The van der Waals surface area contributed by atoms with E-state index in [9.17, 15) is 18.7 Å². The van der Waals surface area contributed by atoms with Crippen molar-refractivity contribution in [1.29, 1.82) is 0 Å². The van der Waals surface area contributed by atoms with Crippen molar-refractivity contribution in [2.24, 2.45) is 5.41 Å². The molecule has 1 fully saturated rings. The summed E-state index contributed by atoms with van der Waals surface area (Å²) in [6, 6.07) is 8.92. The zero-order chi connectivity index (χ0) is 33.6. The summed E-state index contributed by atoms with van der Waals surface area (Å²) in [5, 5.41) is 10.5. The lowest BCUT2D eigenvalue weighted by atomic mass is 9.81. The largest absolute Gasteiger partial charge is 0.496 e. The summed E-state index contributed by atoms with van der Waals surface area (Å²) < 4.78 is 40.3. The molecule has 3 aromatic rings. The van der Waals surface area contributed by atoms with Crippen LogP contribution in [0.15, 0.2) is 30.3 Å². The van der Waals surface area contributed by atoms with Gasteiger partial charge in [-0.25, -0.2) is 13.6 Å². The highest BCUT2D eigenvalue weighted by Gasteiger charge is 2.36. The van der Waals surface area contributed by atoms with Crippen molar-refractivity contribution in [3.8, 4) is 16.9 Å². The van der Waals surface area contributed by atoms with E-state index in [0.29, 0.717) is 30.1 Å². The van der Waals surface area contributed by atoms with Gasteiger partial charge >= 0.3 is 5.97 Å². The van der Waals surface area contributed by atoms with E-state index in [0.717, 1.165) is 66.5 Å². The Labute approximate surface area is 271 Å². The number of carbonyl (C=O) groups is 1. The second kappa shape index (κ2) is 12.9. The topological polar surface area (TPSA) is 75.1 Å². The number of aliphatic carboxylic acids is 1. The van der Waals surface area contributed by atoms with Crippen LogP contribution in [0.1, 0.15) is 87.2 Å². The molecule has 1 N–H and O–H groups in total. The molecular formula is C37H47F2N3O4. The zero-order valence-corrected chi connectivity index (χ0v) is 28.4. The number of piperidine rings is 1. The quantitative estimate of drug-likeness (QED) is 0.271. The first-order chi connectivity index (χ1) is 21.6. The van der Waals surface area contributed by atoms with Gasteiger partial charge in [0.05, 0.1) is 18.4 Å². The average molecular weight is 636 g/mol. The van der Waals surface area contributed by atoms with Crippen LogP contribution in [0.25, 0.3) is 11.1 Å². The molecule has 0 aliphatic carbocycles. The van der Waals surface area contributed by atoms with Crippen LogP contribution < -0.4 is 9.64 Å². The minimum absolute atomic E-state index is 0.207. The molecule has 7 nitrogen and oxygen atoms in total. The Morgan fingerprint density at radius 1 is 1.04 bits per heavy atom. The van der Waals surface area contributed by atoms with E-state index >= 15 is 0 Å². The van der Waals surface area contributed by atoms with Crippen LogP contribution in [0.5, 0.6) is 5.75 Å². The first-order valence-corrected chi connectivity index (χ1v) is 16.1. The fraction of sp³-hybridized carbons (Fsp3) is 0.514. The summed E-state index contributed by atoms with van der Waals surface area (Å²) in [5.41, 5.74) is 6.95. The van der Waals surface area contributed by atoms with Gasteiger partial charge in [-0.05, 0) is 88.1 Å². The van der Waals surface area contributed by atoms with Crippen molar-refractivity contribution < 1.29 is 28.2 Å². The molecule has 0 radical (unpaired) electrons. The number of carboxylic acid groups (broad SMARTS) is 1. The first kappa shape index (κ1) is 33.8. The molecule has 0 saturated carbocycles. The van der Waals surface area contributed by atoms with E-state index in [1.54, 1.807) is 0 Å². The number of aryl methyl sites for hydroxylation is 2. The predicted octanol–water partition coefficient (Wildman–Crippen LogP) is 7.78. The fourth-order valence-electron chi connectivity index (χ4n) is 6.79. The van der Waals surface area contributed by atoms with E-state index in [-0.39, 0.29) is 17.5 Å². The predicted molar refractivity (Wildman–Crippen MR) is 176 cm³/mol. The standard InChI is InChI=1S/C37H47F2N3O4/c1-22-30(25-9-10-26-20-41(16-13-24(26)19-25)21-27-29(45-8)12-11-28(38)32(27)39)33(42-17-14-37(6,7)15-18-42)31(23(2)40-22)34(35(43)44)46-36(3,4)5/h9-12,19,34H,13-18,20-21H2,1-8H3,(H,43,44)/t34-/m0/s1. The molecular weight excluding hydrogens is 588 g/mol. The van der Waals surface area contributed by atoms with Crippen molar-refractivity contribution in [1.82, 2.24) is 9.88 Å². The Balaban J connectivity index is 1.56. The maximum atomic E-state index is 14.7. The molecule has 46 heavy (non-hydrogen) atoms. The second-order valence-electron chi connectivity index (χ2n) is 14.5. The van der Waals surface area contributed by atoms with E-state index in [1.807, 2.05) is 34.6 Å². The maximum absolute atomic E-state index is 14.7. The van der Waals surface area contributed by atoms with Crippen LogP contribution in [-0.2, 0) is 29.0 Å². The number of ether oxygens (including phenoxy) is 2. The van der Waals surface area contributed by atoms with E-state index in [4.69, 9.17) is 14.5 Å². The highest BCUT2D eigenvalue weighted by molar-refractivity contribution is 5.88. The number of carboxylic acids is 1. The molecule has 0 amide bonds. The fourth-order valence-corrected chi connectivity index (χ4v) is 6.79. The summed E-state index contributed by atoms with van der Waals surface area (Å²) in [4.78, 5) is 22.2. The second-order valence-corrected chi connectivity index (χ2v) is 14.5. The molecule has 9 heteroatoms. The van der Waals surface area contributed by atoms with Gasteiger partial charge in [0, 0.05) is 60.8 Å². The van der Waals surface area contributed by atoms with Gasteiger partial charge in [-0.2, -0.15) is 0 Å². The smallest absolute Gasteiger partial charge is 0.337 e. The molecule has 0 spiro atoms. The average Bonchev–Trinajstić information content (AvgIpc) is 2.97. The molecule has 0 bridgehead atoms. The van der Waals surface area contributed by atoms with Crippen LogP contribution in [0.4, 0.5) is 14.5 Å². The minimum Gasteiger partial charge on any atom is -0.496 e. The van der Waals surface area contributed by atoms with Crippen molar-refractivity contribution in [2.45, 2.75) is 92.5 Å². The van der Waals surface area contributed by atoms with E-state index in [1.165, 1.54) is 18.7 Å². The summed E-state index contributed by atoms with van der Waals surface area (Å²) in [6.45, 7) is 17.1. The van der Waals surface area contributed by atoms with Crippen molar-refractivity contribution in [3.05, 3.63) is 75.6 Å². The third-order valence-electron chi connectivity index (χ3n) is 9.31. The third-order valence-corrected chi connectivity index (χ3v) is 9.31. The van der Waals surface area contributed by atoms with Gasteiger partial charge in [0.2, 0.25) is 0 Å². The van der Waals surface area contributed by atoms with Crippen LogP contribution in [0.2, 0.25) is 0 Å². The number of hydrogen-bond acceptors (Lipinski definition) is 6. The Kier molecular flexibility index (Phi) is 9.49. The molecule has 248 valence electrons. The Bertz CT molecular complexity index is 1620. The van der Waals surface area contributed by atoms with Crippen LogP contribution in [0.3, 0.4) is 0 Å².